The molecule has 0 aromatic heterocycles. The molecular formula is C13H20BrNO2. The molecule has 0 aliphatic carbocycles. The molecule has 0 atom stereocenters. The first kappa shape index (κ1) is 14.3. The first-order chi connectivity index (χ1) is 7.86. The van der Waals surface area contributed by atoms with Crippen LogP contribution in [-0.2, 0) is 10.2 Å². The maximum Gasteiger partial charge on any atom is 0.156 e. The molecule has 0 bridgehead atoms. The number of rotatable bonds is 4. The molecule has 0 aliphatic heterocycles. The summed E-state index contributed by atoms with van der Waals surface area (Å²) in [6, 6.07) is 4.02. The first-order valence-electron chi connectivity index (χ1n) is 5.57. The highest BCUT2D eigenvalue weighted by atomic mass is 79.9. The van der Waals surface area contributed by atoms with Gasteiger partial charge in [-0.1, -0.05) is 20.8 Å². The van der Waals surface area contributed by atoms with Crippen LogP contribution in [0.3, 0.4) is 0 Å². The summed E-state index contributed by atoms with van der Waals surface area (Å²) in [6.07, 6.45) is 0. The molecule has 1 rings (SSSR count). The third kappa shape index (κ3) is 3.89. The van der Waals surface area contributed by atoms with Crippen molar-refractivity contribution in [1.82, 2.24) is 0 Å². The average Bonchev–Trinajstić information content (AvgIpc) is 2.20. The van der Waals surface area contributed by atoms with E-state index in [0.29, 0.717) is 24.7 Å². The predicted molar refractivity (Wildman–Crippen MR) is 74.6 cm³/mol. The molecular weight excluding hydrogens is 282 g/mol. The Labute approximate surface area is 111 Å². The molecule has 17 heavy (non-hydrogen) atoms. The Kier molecular flexibility index (Phi) is 4.83. The number of nitrogens with two attached hydrogens (primary N) is 1. The summed E-state index contributed by atoms with van der Waals surface area (Å²) in [5.41, 5.74) is 7.91. The number of benzene rings is 1. The van der Waals surface area contributed by atoms with Crippen molar-refractivity contribution in [2.24, 2.45) is 0 Å². The van der Waals surface area contributed by atoms with Gasteiger partial charge in [0.2, 0.25) is 0 Å². The van der Waals surface area contributed by atoms with Gasteiger partial charge in [-0.25, -0.2) is 0 Å². The van der Waals surface area contributed by atoms with Crippen LogP contribution in [0.2, 0.25) is 0 Å². The van der Waals surface area contributed by atoms with Crippen molar-refractivity contribution in [3.63, 3.8) is 0 Å². The van der Waals surface area contributed by atoms with Gasteiger partial charge in [-0.3, -0.25) is 0 Å². The van der Waals surface area contributed by atoms with Gasteiger partial charge in [-0.2, -0.15) is 0 Å². The molecule has 1 aromatic rings. The Morgan fingerprint density at radius 1 is 1.24 bits per heavy atom. The second-order valence-electron chi connectivity index (χ2n) is 4.97. The molecule has 0 spiro atoms. The predicted octanol–water partition coefficient (Wildman–Crippen LogP) is 3.35. The van der Waals surface area contributed by atoms with E-state index in [2.05, 4.69) is 42.8 Å². The maximum absolute atomic E-state index is 6.01. The van der Waals surface area contributed by atoms with Gasteiger partial charge < -0.3 is 15.2 Å². The molecule has 96 valence electrons. The minimum atomic E-state index is 0.0711. The van der Waals surface area contributed by atoms with E-state index in [4.69, 9.17) is 15.2 Å². The Morgan fingerprint density at radius 3 is 2.35 bits per heavy atom. The Balaban J connectivity index is 2.95. The number of ether oxygens (including phenoxy) is 2. The van der Waals surface area contributed by atoms with E-state index < -0.39 is 0 Å². The van der Waals surface area contributed by atoms with E-state index in [0.717, 1.165) is 4.47 Å². The van der Waals surface area contributed by atoms with Crippen molar-refractivity contribution in [3.05, 3.63) is 22.2 Å². The van der Waals surface area contributed by atoms with Crippen LogP contribution >= 0.6 is 15.9 Å². The van der Waals surface area contributed by atoms with E-state index in [9.17, 15) is 0 Å². The minimum absolute atomic E-state index is 0.0711. The van der Waals surface area contributed by atoms with E-state index in [1.165, 1.54) is 5.56 Å². The van der Waals surface area contributed by atoms with E-state index in [-0.39, 0.29) is 5.41 Å². The van der Waals surface area contributed by atoms with Crippen LogP contribution < -0.4 is 10.5 Å². The molecule has 0 heterocycles. The SMILES string of the molecule is COCCOc1c(N)cc(C(C)(C)C)cc1Br. The zero-order valence-corrected chi connectivity index (χ0v) is 12.4. The Bertz CT molecular complexity index is 362. The van der Waals surface area contributed by atoms with Gasteiger partial charge in [0.25, 0.3) is 0 Å². The molecule has 0 amide bonds. The van der Waals surface area contributed by atoms with Gasteiger partial charge in [0.15, 0.2) is 5.75 Å². The molecule has 3 nitrogen and oxygen atoms in total. The first-order valence-corrected chi connectivity index (χ1v) is 6.37. The molecule has 0 aliphatic rings. The second-order valence-corrected chi connectivity index (χ2v) is 5.82. The molecule has 4 heteroatoms. The van der Waals surface area contributed by atoms with Crippen LogP contribution in [0.1, 0.15) is 26.3 Å². The van der Waals surface area contributed by atoms with Crippen LogP contribution in [0.15, 0.2) is 16.6 Å². The van der Waals surface area contributed by atoms with Crippen LogP contribution in [0.25, 0.3) is 0 Å². The zero-order chi connectivity index (χ0) is 13.1. The molecule has 0 saturated carbocycles. The highest BCUT2D eigenvalue weighted by Crippen LogP contribution is 2.36. The van der Waals surface area contributed by atoms with Gasteiger partial charge in [-0.15, -0.1) is 0 Å². The third-order valence-corrected chi connectivity index (χ3v) is 3.06. The smallest absolute Gasteiger partial charge is 0.156 e. The molecule has 0 saturated heterocycles. The summed E-state index contributed by atoms with van der Waals surface area (Å²) >= 11 is 3.50. The lowest BCUT2D eigenvalue weighted by Gasteiger charge is -2.21. The van der Waals surface area contributed by atoms with Crippen LogP contribution in [0.4, 0.5) is 5.69 Å². The van der Waals surface area contributed by atoms with E-state index >= 15 is 0 Å². The summed E-state index contributed by atoms with van der Waals surface area (Å²) in [5, 5.41) is 0. The summed E-state index contributed by atoms with van der Waals surface area (Å²) in [6.45, 7) is 7.50. The van der Waals surface area contributed by atoms with Gasteiger partial charge >= 0.3 is 0 Å². The van der Waals surface area contributed by atoms with Gasteiger partial charge in [0.05, 0.1) is 16.8 Å². The van der Waals surface area contributed by atoms with Crippen LogP contribution in [0, 0.1) is 0 Å². The zero-order valence-electron chi connectivity index (χ0n) is 10.8. The number of hydrogen-bond donors (Lipinski definition) is 1. The largest absolute Gasteiger partial charge is 0.488 e. The minimum Gasteiger partial charge on any atom is -0.488 e. The highest BCUT2D eigenvalue weighted by molar-refractivity contribution is 9.10. The lowest BCUT2D eigenvalue weighted by Crippen LogP contribution is -2.13. The van der Waals surface area contributed by atoms with Crippen molar-refractivity contribution in [2.45, 2.75) is 26.2 Å². The van der Waals surface area contributed by atoms with Crippen molar-refractivity contribution in [2.75, 3.05) is 26.1 Å². The molecule has 0 radical (unpaired) electrons. The monoisotopic (exact) mass is 301 g/mol. The average molecular weight is 302 g/mol. The normalized spacial score (nSPS) is 11.6. The quantitative estimate of drug-likeness (QED) is 0.685. The highest BCUT2D eigenvalue weighted by Gasteiger charge is 2.17. The summed E-state index contributed by atoms with van der Waals surface area (Å²) in [4.78, 5) is 0. The van der Waals surface area contributed by atoms with Gasteiger partial charge in [-0.05, 0) is 39.0 Å². The van der Waals surface area contributed by atoms with E-state index in [1.807, 2.05) is 6.07 Å². The Hall–Kier alpha value is -0.740. The molecule has 1 aromatic carbocycles. The summed E-state index contributed by atoms with van der Waals surface area (Å²) in [5.74, 6) is 0.690. The number of hydrogen-bond acceptors (Lipinski definition) is 3. The standard InChI is InChI=1S/C13H20BrNO2/c1-13(2,3)9-7-10(14)12(11(15)8-9)17-6-5-16-4/h7-8H,5-6,15H2,1-4H3. The van der Waals surface area contributed by atoms with Crippen molar-refractivity contribution in [1.29, 1.82) is 0 Å². The lowest BCUT2D eigenvalue weighted by atomic mass is 9.87. The van der Waals surface area contributed by atoms with Gasteiger partial charge in [0, 0.05) is 7.11 Å². The van der Waals surface area contributed by atoms with Gasteiger partial charge in [0.1, 0.15) is 6.61 Å². The van der Waals surface area contributed by atoms with E-state index in [1.54, 1.807) is 7.11 Å². The molecule has 0 unspecified atom stereocenters. The molecule has 0 fully saturated rings. The van der Waals surface area contributed by atoms with Crippen molar-refractivity contribution in [3.8, 4) is 5.75 Å². The van der Waals surface area contributed by atoms with Crippen molar-refractivity contribution < 1.29 is 9.47 Å². The molecule has 2 N–H and O–H groups in total. The fourth-order valence-corrected chi connectivity index (χ4v) is 2.02. The number of halogens is 1. The van der Waals surface area contributed by atoms with Crippen LogP contribution in [-0.4, -0.2) is 20.3 Å². The van der Waals surface area contributed by atoms with Crippen molar-refractivity contribution >= 4 is 21.6 Å². The topological polar surface area (TPSA) is 44.5 Å². The second kappa shape index (κ2) is 5.74. The fourth-order valence-electron chi connectivity index (χ4n) is 1.43. The fraction of sp³-hybridized carbons (Fsp3) is 0.538. The lowest BCUT2D eigenvalue weighted by molar-refractivity contribution is 0.146. The van der Waals surface area contributed by atoms with Crippen LogP contribution in [0.5, 0.6) is 5.75 Å². The summed E-state index contributed by atoms with van der Waals surface area (Å²) in [7, 11) is 1.64. The summed E-state index contributed by atoms with van der Waals surface area (Å²) < 4.78 is 11.4. The maximum atomic E-state index is 6.01. The number of anilines is 1. The Morgan fingerprint density at radius 2 is 1.88 bits per heavy atom. The number of methoxy groups -OCH3 is 1. The third-order valence-electron chi connectivity index (χ3n) is 2.47. The number of nitrogen functional groups attached to an aromatic ring is 1.